The van der Waals surface area contributed by atoms with Gasteiger partial charge in [-0.3, -0.25) is 4.79 Å². The minimum atomic E-state index is -0.0244. The van der Waals surface area contributed by atoms with Gasteiger partial charge in [0.2, 0.25) is 5.91 Å². The van der Waals surface area contributed by atoms with Crippen LogP contribution in [0.15, 0.2) is 30.3 Å². The smallest absolute Gasteiger partial charge is 0.244 e. The van der Waals surface area contributed by atoms with Gasteiger partial charge in [-0.2, -0.15) is 0 Å². The van der Waals surface area contributed by atoms with Crippen molar-refractivity contribution < 1.29 is 4.79 Å². The Kier molecular flexibility index (Phi) is 4.08. The van der Waals surface area contributed by atoms with Gasteiger partial charge >= 0.3 is 0 Å². The average molecular weight is 291 g/mol. The van der Waals surface area contributed by atoms with E-state index in [0.717, 1.165) is 12.1 Å². The Morgan fingerprint density at radius 2 is 2.05 bits per heavy atom. The predicted octanol–water partition coefficient (Wildman–Crippen LogP) is 2.56. The first kappa shape index (κ1) is 13.7. The molecule has 2 bridgehead atoms. The van der Waals surface area contributed by atoms with Gasteiger partial charge in [0.25, 0.3) is 0 Å². The molecule has 0 saturated carbocycles. The van der Waals surface area contributed by atoms with Gasteiger partial charge in [0.05, 0.1) is 0 Å². The fourth-order valence-electron chi connectivity index (χ4n) is 3.14. The molecule has 3 saturated heterocycles. The zero-order valence-corrected chi connectivity index (χ0v) is 12.1. The molecular formula is C16H19ClN2O. The Labute approximate surface area is 124 Å². The molecule has 3 aliphatic rings. The third-order valence-corrected chi connectivity index (χ3v) is 4.65. The first-order valence-electron chi connectivity index (χ1n) is 7.18. The zero-order chi connectivity index (χ0) is 13.9. The van der Waals surface area contributed by atoms with E-state index in [2.05, 4.69) is 10.2 Å². The first-order valence-corrected chi connectivity index (χ1v) is 7.55. The summed E-state index contributed by atoms with van der Waals surface area (Å²) in [6.07, 6.45) is 5.77. The number of hydrogen-bond acceptors (Lipinski definition) is 2. The highest BCUT2D eigenvalue weighted by atomic mass is 35.5. The van der Waals surface area contributed by atoms with Crippen LogP contribution in [0.25, 0.3) is 6.08 Å². The molecule has 106 valence electrons. The summed E-state index contributed by atoms with van der Waals surface area (Å²) < 4.78 is 0. The van der Waals surface area contributed by atoms with Crippen molar-refractivity contribution in [2.45, 2.75) is 18.9 Å². The van der Waals surface area contributed by atoms with Crippen molar-refractivity contribution in [1.29, 1.82) is 0 Å². The second kappa shape index (κ2) is 5.98. The van der Waals surface area contributed by atoms with Crippen LogP contribution in [-0.4, -0.2) is 36.5 Å². The number of nitrogens with one attached hydrogen (secondary N) is 1. The molecular weight excluding hydrogens is 272 g/mol. The molecule has 1 aromatic rings. The lowest BCUT2D eigenvalue weighted by Crippen LogP contribution is -2.57. The molecule has 0 spiro atoms. The van der Waals surface area contributed by atoms with Crippen LogP contribution in [0.5, 0.6) is 0 Å². The lowest BCUT2D eigenvalue weighted by Gasteiger charge is -2.44. The molecule has 4 rings (SSSR count). The second-order valence-electron chi connectivity index (χ2n) is 5.61. The maximum Gasteiger partial charge on any atom is 0.244 e. The van der Waals surface area contributed by atoms with Crippen molar-refractivity contribution in [3.8, 4) is 0 Å². The van der Waals surface area contributed by atoms with Crippen LogP contribution in [0.3, 0.4) is 0 Å². The van der Waals surface area contributed by atoms with Crippen LogP contribution in [0.1, 0.15) is 18.4 Å². The Morgan fingerprint density at radius 1 is 1.30 bits per heavy atom. The van der Waals surface area contributed by atoms with Crippen molar-refractivity contribution in [2.24, 2.45) is 5.92 Å². The number of carbonyl (C=O) groups is 1. The summed E-state index contributed by atoms with van der Waals surface area (Å²) in [6, 6.07) is 7.83. The first-order chi connectivity index (χ1) is 9.72. The minimum absolute atomic E-state index is 0.0244. The average Bonchev–Trinajstić information content (AvgIpc) is 2.48. The predicted molar refractivity (Wildman–Crippen MR) is 81.6 cm³/mol. The number of halogens is 1. The number of carbonyl (C=O) groups excluding carboxylic acids is 1. The molecule has 1 aromatic carbocycles. The molecule has 1 N–H and O–H groups in total. The topological polar surface area (TPSA) is 32.3 Å². The van der Waals surface area contributed by atoms with Crippen LogP contribution in [0.4, 0.5) is 0 Å². The summed E-state index contributed by atoms with van der Waals surface area (Å²) in [6.45, 7) is 3.37. The van der Waals surface area contributed by atoms with E-state index in [9.17, 15) is 4.79 Å². The lowest BCUT2D eigenvalue weighted by atomic mass is 9.84. The lowest BCUT2D eigenvalue weighted by molar-refractivity contribution is -0.118. The number of hydrogen-bond donors (Lipinski definition) is 1. The fourth-order valence-corrected chi connectivity index (χ4v) is 3.33. The van der Waals surface area contributed by atoms with Crippen LogP contribution >= 0.6 is 11.6 Å². The van der Waals surface area contributed by atoms with Gasteiger partial charge in [0.1, 0.15) is 0 Å². The van der Waals surface area contributed by atoms with Gasteiger partial charge < -0.3 is 10.2 Å². The Bertz CT molecular complexity index is 521. The second-order valence-corrected chi connectivity index (χ2v) is 6.02. The molecule has 3 aliphatic heterocycles. The van der Waals surface area contributed by atoms with E-state index in [4.69, 9.17) is 11.6 Å². The molecule has 3 heterocycles. The van der Waals surface area contributed by atoms with Gasteiger partial charge in [-0.1, -0.05) is 29.8 Å². The summed E-state index contributed by atoms with van der Waals surface area (Å²) in [5.74, 6) is 0.626. The molecule has 3 nitrogen and oxygen atoms in total. The maximum atomic E-state index is 12.0. The van der Waals surface area contributed by atoms with E-state index in [1.807, 2.05) is 24.3 Å². The van der Waals surface area contributed by atoms with Crippen LogP contribution in [0, 0.1) is 5.92 Å². The highest BCUT2D eigenvalue weighted by Crippen LogP contribution is 2.27. The van der Waals surface area contributed by atoms with Crippen LogP contribution in [0.2, 0.25) is 5.02 Å². The molecule has 1 atom stereocenters. The number of amides is 1. The standard InChI is InChI=1S/C16H19ClN2O/c17-14-4-2-1-3-12(14)5-6-16(20)18-15-11-19-9-7-13(15)8-10-19/h1-6,13,15H,7-11H2,(H,18,20)/b6-5+. The Morgan fingerprint density at radius 3 is 2.70 bits per heavy atom. The fraction of sp³-hybridized carbons (Fsp3) is 0.438. The third-order valence-electron chi connectivity index (χ3n) is 4.30. The molecule has 0 radical (unpaired) electrons. The third kappa shape index (κ3) is 3.05. The van der Waals surface area contributed by atoms with E-state index in [1.165, 1.54) is 25.9 Å². The number of benzene rings is 1. The number of rotatable bonds is 3. The number of nitrogens with zero attached hydrogens (tertiary/aromatic N) is 1. The molecule has 20 heavy (non-hydrogen) atoms. The van der Waals surface area contributed by atoms with Gasteiger partial charge in [-0.25, -0.2) is 0 Å². The van der Waals surface area contributed by atoms with E-state index < -0.39 is 0 Å². The summed E-state index contributed by atoms with van der Waals surface area (Å²) >= 11 is 6.06. The monoisotopic (exact) mass is 290 g/mol. The molecule has 0 aliphatic carbocycles. The summed E-state index contributed by atoms with van der Waals surface area (Å²) in [4.78, 5) is 14.4. The quantitative estimate of drug-likeness (QED) is 0.868. The largest absolute Gasteiger partial charge is 0.348 e. The zero-order valence-electron chi connectivity index (χ0n) is 11.4. The van der Waals surface area contributed by atoms with E-state index in [-0.39, 0.29) is 5.91 Å². The highest BCUT2D eigenvalue weighted by molar-refractivity contribution is 6.32. The van der Waals surface area contributed by atoms with Crippen molar-refractivity contribution >= 4 is 23.6 Å². The normalized spacial score (nSPS) is 28.8. The van der Waals surface area contributed by atoms with Gasteiger partial charge in [-0.15, -0.1) is 0 Å². The van der Waals surface area contributed by atoms with Crippen molar-refractivity contribution in [3.05, 3.63) is 40.9 Å². The van der Waals surface area contributed by atoms with E-state index in [1.54, 1.807) is 12.2 Å². The summed E-state index contributed by atoms with van der Waals surface area (Å²) in [7, 11) is 0. The van der Waals surface area contributed by atoms with Gasteiger partial charge in [-0.05, 0) is 49.6 Å². The SMILES string of the molecule is O=C(/C=C/c1ccccc1Cl)NC1CN2CCC1CC2. The van der Waals surface area contributed by atoms with Crippen molar-refractivity contribution in [3.63, 3.8) is 0 Å². The van der Waals surface area contributed by atoms with Crippen molar-refractivity contribution in [2.75, 3.05) is 19.6 Å². The number of fused-ring (bicyclic) bond motifs is 3. The molecule has 3 fully saturated rings. The molecule has 0 aromatic heterocycles. The molecule has 4 heteroatoms. The van der Waals surface area contributed by atoms with Gasteiger partial charge in [0.15, 0.2) is 0 Å². The molecule has 1 amide bonds. The van der Waals surface area contributed by atoms with Crippen LogP contribution in [-0.2, 0) is 4.79 Å². The number of piperidine rings is 3. The van der Waals surface area contributed by atoms with Crippen molar-refractivity contribution in [1.82, 2.24) is 10.2 Å². The highest BCUT2D eigenvalue weighted by Gasteiger charge is 2.34. The minimum Gasteiger partial charge on any atom is -0.348 e. The Hall–Kier alpha value is -1.32. The van der Waals surface area contributed by atoms with Gasteiger partial charge in [0, 0.05) is 23.7 Å². The molecule has 1 unspecified atom stereocenters. The maximum absolute atomic E-state index is 12.0. The summed E-state index contributed by atoms with van der Waals surface area (Å²) in [5.41, 5.74) is 0.873. The van der Waals surface area contributed by atoms with E-state index in [0.29, 0.717) is 17.0 Å². The Balaban J connectivity index is 1.59. The van der Waals surface area contributed by atoms with Crippen LogP contribution < -0.4 is 5.32 Å². The van der Waals surface area contributed by atoms with E-state index >= 15 is 0 Å². The summed E-state index contributed by atoms with van der Waals surface area (Å²) in [5, 5.41) is 3.80.